The molecule has 0 aliphatic heterocycles. The highest BCUT2D eigenvalue weighted by Gasteiger charge is 2.08. The van der Waals surface area contributed by atoms with Gasteiger partial charge in [-0.2, -0.15) is 0 Å². The first-order valence-corrected chi connectivity index (χ1v) is 14.4. The molecule has 0 atom stereocenters. The zero-order valence-electron chi connectivity index (χ0n) is 22.0. The minimum Gasteiger partial charge on any atom is -0.335 e. The van der Waals surface area contributed by atoms with Crippen molar-refractivity contribution in [2.24, 2.45) is 0 Å². The van der Waals surface area contributed by atoms with E-state index in [2.05, 4.69) is 54.9 Å². The number of aryl methyl sites for hydroxylation is 4. The number of aromatic nitrogens is 2. The van der Waals surface area contributed by atoms with Crippen molar-refractivity contribution in [3.8, 4) is 0 Å². The van der Waals surface area contributed by atoms with Crippen LogP contribution in [0.3, 0.4) is 0 Å². The molecule has 0 spiro atoms. The van der Waals surface area contributed by atoms with Crippen LogP contribution in [0.2, 0.25) is 0 Å². The first-order chi connectivity index (χ1) is 16.3. The van der Waals surface area contributed by atoms with Gasteiger partial charge in [-0.25, -0.2) is 4.98 Å². The topological polar surface area (TPSA) is 17.8 Å². The Hall–Kier alpha value is -1.57. The highest BCUT2D eigenvalue weighted by molar-refractivity contribution is 5.15. The van der Waals surface area contributed by atoms with Gasteiger partial charge in [-0.05, 0) is 37.7 Å². The molecule has 2 aromatic rings. The second-order valence-electron chi connectivity index (χ2n) is 10.0. The highest BCUT2D eigenvalue weighted by atomic mass is 15.1. The molecule has 0 saturated heterocycles. The Morgan fingerprint density at radius 2 is 1.15 bits per heavy atom. The minimum absolute atomic E-state index is 1.10. The Morgan fingerprint density at radius 3 is 1.79 bits per heavy atom. The maximum Gasteiger partial charge on any atom is 0.108 e. The predicted molar refractivity (Wildman–Crippen MR) is 145 cm³/mol. The molecule has 2 heteroatoms. The number of imidazole rings is 1. The number of hydrogen-bond acceptors (Lipinski definition) is 1. The fraction of sp³-hybridized carbons (Fsp3) is 0.710. The summed E-state index contributed by atoms with van der Waals surface area (Å²) in [6, 6.07) is 10.9. The normalized spacial score (nSPS) is 11.3. The lowest BCUT2D eigenvalue weighted by Crippen LogP contribution is -2.03. The van der Waals surface area contributed by atoms with Crippen LogP contribution < -0.4 is 0 Å². The largest absolute Gasteiger partial charge is 0.335 e. The van der Waals surface area contributed by atoms with Gasteiger partial charge in [0.25, 0.3) is 0 Å². The second-order valence-corrected chi connectivity index (χ2v) is 10.0. The van der Waals surface area contributed by atoms with E-state index in [9.17, 15) is 0 Å². The lowest BCUT2D eigenvalue weighted by atomic mass is 10.1. The minimum atomic E-state index is 1.10. The summed E-state index contributed by atoms with van der Waals surface area (Å²) in [6.45, 7) is 5.75. The van der Waals surface area contributed by atoms with Crippen molar-refractivity contribution in [2.75, 3.05) is 0 Å². The number of benzene rings is 1. The van der Waals surface area contributed by atoms with E-state index in [0.717, 1.165) is 25.8 Å². The van der Waals surface area contributed by atoms with Crippen molar-refractivity contribution in [1.29, 1.82) is 0 Å². The van der Waals surface area contributed by atoms with Gasteiger partial charge in [0.15, 0.2) is 0 Å². The summed E-state index contributed by atoms with van der Waals surface area (Å²) in [4.78, 5) is 5.10. The fourth-order valence-electron chi connectivity index (χ4n) is 4.80. The van der Waals surface area contributed by atoms with E-state index in [1.165, 1.54) is 120 Å². The molecule has 1 aromatic carbocycles. The highest BCUT2D eigenvalue weighted by Crippen LogP contribution is 2.15. The molecular formula is C31H52N2. The third kappa shape index (κ3) is 13.0. The molecule has 186 valence electrons. The molecule has 0 aliphatic rings. The first-order valence-electron chi connectivity index (χ1n) is 14.4. The monoisotopic (exact) mass is 452 g/mol. The summed E-state index contributed by atoms with van der Waals surface area (Å²) in [5.74, 6) is 1.35. The summed E-state index contributed by atoms with van der Waals surface area (Å²) >= 11 is 0. The van der Waals surface area contributed by atoms with Gasteiger partial charge in [-0.3, -0.25) is 0 Å². The molecule has 0 bridgehead atoms. The van der Waals surface area contributed by atoms with E-state index in [4.69, 9.17) is 4.98 Å². The summed E-state index contributed by atoms with van der Waals surface area (Å²) in [6.07, 6.45) is 27.7. The van der Waals surface area contributed by atoms with E-state index < -0.39 is 0 Å². The Kier molecular flexibility index (Phi) is 15.8. The van der Waals surface area contributed by atoms with Gasteiger partial charge in [0.05, 0.1) is 5.69 Å². The van der Waals surface area contributed by atoms with Crippen LogP contribution in [0.15, 0.2) is 36.5 Å². The van der Waals surface area contributed by atoms with Crippen LogP contribution >= 0.6 is 0 Å². The first kappa shape index (κ1) is 27.7. The van der Waals surface area contributed by atoms with Gasteiger partial charge in [-0.1, -0.05) is 128 Å². The molecule has 0 amide bonds. The number of unbranched alkanes of at least 4 members (excludes halogenated alkanes) is 13. The van der Waals surface area contributed by atoms with Gasteiger partial charge in [0, 0.05) is 19.2 Å². The van der Waals surface area contributed by atoms with Gasteiger partial charge >= 0.3 is 0 Å². The van der Waals surface area contributed by atoms with Crippen LogP contribution in [-0.2, 0) is 25.8 Å². The van der Waals surface area contributed by atoms with E-state index in [1.54, 1.807) is 0 Å². The maximum absolute atomic E-state index is 5.10. The average Bonchev–Trinajstić information content (AvgIpc) is 3.22. The third-order valence-electron chi connectivity index (χ3n) is 6.91. The SMILES string of the molecule is CCCCCCCCCCc1nc(CCCc2ccccc2)cn1CCCCCCCCC. The number of rotatable bonds is 21. The third-order valence-corrected chi connectivity index (χ3v) is 6.91. The molecule has 0 fully saturated rings. The number of hydrogen-bond donors (Lipinski definition) is 0. The molecule has 0 unspecified atom stereocenters. The zero-order chi connectivity index (χ0) is 23.4. The van der Waals surface area contributed by atoms with E-state index >= 15 is 0 Å². The molecule has 0 aliphatic carbocycles. The molecule has 0 radical (unpaired) electrons. The van der Waals surface area contributed by atoms with Gasteiger partial charge in [-0.15, -0.1) is 0 Å². The number of nitrogens with zero attached hydrogens (tertiary/aromatic N) is 2. The molecule has 2 rings (SSSR count). The summed E-state index contributed by atoms with van der Waals surface area (Å²) in [5, 5.41) is 0. The Bertz CT molecular complexity index is 688. The second kappa shape index (κ2) is 18.8. The van der Waals surface area contributed by atoms with E-state index in [0.29, 0.717) is 0 Å². The quantitative estimate of drug-likeness (QED) is 0.172. The molecule has 0 N–H and O–H groups in total. The van der Waals surface area contributed by atoms with Crippen molar-refractivity contribution in [1.82, 2.24) is 9.55 Å². The van der Waals surface area contributed by atoms with E-state index in [1.807, 2.05) is 0 Å². The molecule has 2 nitrogen and oxygen atoms in total. The van der Waals surface area contributed by atoms with Crippen LogP contribution in [0.4, 0.5) is 0 Å². The van der Waals surface area contributed by atoms with Crippen LogP contribution in [0.25, 0.3) is 0 Å². The summed E-state index contributed by atoms with van der Waals surface area (Å²) in [5.41, 5.74) is 2.75. The Balaban J connectivity index is 1.75. The predicted octanol–water partition coefficient (Wildman–Crippen LogP) is 9.49. The zero-order valence-corrected chi connectivity index (χ0v) is 22.0. The van der Waals surface area contributed by atoms with Crippen molar-refractivity contribution in [3.05, 3.63) is 53.6 Å². The van der Waals surface area contributed by atoms with Crippen LogP contribution in [0.1, 0.15) is 134 Å². The molecule has 33 heavy (non-hydrogen) atoms. The standard InChI is InChI=1S/C31H52N2/c1-3-5-7-9-11-12-14-19-26-31-32-30(25-21-24-29-22-17-16-18-23-29)28-33(31)27-20-15-13-10-8-6-4-2/h16-18,22-23,28H,3-15,19-21,24-27H2,1-2H3. The molecular weight excluding hydrogens is 400 g/mol. The van der Waals surface area contributed by atoms with Crippen molar-refractivity contribution < 1.29 is 0 Å². The van der Waals surface area contributed by atoms with Crippen LogP contribution in [0, 0.1) is 0 Å². The maximum atomic E-state index is 5.10. The Morgan fingerprint density at radius 1 is 0.576 bits per heavy atom. The fourth-order valence-corrected chi connectivity index (χ4v) is 4.80. The van der Waals surface area contributed by atoms with Crippen molar-refractivity contribution in [3.63, 3.8) is 0 Å². The molecule has 0 saturated carbocycles. The lowest BCUT2D eigenvalue weighted by Gasteiger charge is -2.08. The smallest absolute Gasteiger partial charge is 0.108 e. The van der Waals surface area contributed by atoms with Crippen molar-refractivity contribution in [2.45, 2.75) is 142 Å². The summed E-state index contributed by atoms with van der Waals surface area (Å²) < 4.78 is 2.51. The van der Waals surface area contributed by atoms with Gasteiger partial charge in [0.1, 0.15) is 5.82 Å². The van der Waals surface area contributed by atoms with Gasteiger partial charge in [0.2, 0.25) is 0 Å². The van der Waals surface area contributed by atoms with Crippen LogP contribution in [-0.4, -0.2) is 9.55 Å². The van der Waals surface area contributed by atoms with Gasteiger partial charge < -0.3 is 4.57 Å². The molecule has 1 heterocycles. The average molecular weight is 453 g/mol. The lowest BCUT2D eigenvalue weighted by molar-refractivity contribution is 0.529. The summed E-state index contributed by atoms with van der Waals surface area (Å²) in [7, 11) is 0. The van der Waals surface area contributed by atoms with E-state index in [-0.39, 0.29) is 0 Å². The molecule has 1 aromatic heterocycles. The Labute approximate surface area is 205 Å². The van der Waals surface area contributed by atoms with Crippen molar-refractivity contribution >= 4 is 0 Å². The van der Waals surface area contributed by atoms with Crippen LogP contribution in [0.5, 0.6) is 0 Å².